The van der Waals surface area contributed by atoms with E-state index in [-0.39, 0.29) is 0 Å². The van der Waals surface area contributed by atoms with E-state index in [4.69, 9.17) is 9.15 Å². The van der Waals surface area contributed by atoms with Crippen molar-refractivity contribution in [2.75, 3.05) is 6.61 Å². The van der Waals surface area contributed by atoms with Gasteiger partial charge in [-0.15, -0.1) is 0 Å². The van der Waals surface area contributed by atoms with Gasteiger partial charge in [-0.2, -0.15) is 0 Å². The fraction of sp³-hybridized carbons (Fsp3) is 0.471. The smallest absolute Gasteiger partial charge is 0.118 e. The van der Waals surface area contributed by atoms with E-state index in [0.717, 1.165) is 35.7 Å². The van der Waals surface area contributed by atoms with Crippen LogP contribution < -0.4 is 5.32 Å². The molecule has 0 radical (unpaired) electrons. The normalized spacial score (nSPS) is 11.2. The lowest BCUT2D eigenvalue weighted by Gasteiger charge is -2.04. The topological polar surface area (TPSA) is 47.3 Å². The minimum atomic E-state index is 0.452. The quantitative estimate of drug-likeness (QED) is 0.758. The molecule has 4 nitrogen and oxygen atoms in total. The van der Waals surface area contributed by atoms with Crippen molar-refractivity contribution in [3.63, 3.8) is 0 Å². The highest BCUT2D eigenvalue weighted by Gasteiger charge is 2.08. The van der Waals surface area contributed by atoms with Gasteiger partial charge in [0.05, 0.1) is 19.8 Å². The van der Waals surface area contributed by atoms with E-state index < -0.39 is 0 Å². The van der Waals surface area contributed by atoms with E-state index in [2.05, 4.69) is 30.2 Å². The molecule has 0 fully saturated rings. The Hall–Kier alpha value is -1.65. The van der Waals surface area contributed by atoms with Crippen LogP contribution >= 0.6 is 0 Å². The van der Waals surface area contributed by atoms with Gasteiger partial charge in [0, 0.05) is 29.9 Å². The largest absolute Gasteiger partial charge is 0.465 e. The van der Waals surface area contributed by atoms with E-state index in [1.807, 2.05) is 31.3 Å². The summed E-state index contributed by atoms with van der Waals surface area (Å²) in [5.74, 6) is 1.90. The molecule has 0 amide bonds. The first-order valence-electron chi connectivity index (χ1n) is 7.44. The van der Waals surface area contributed by atoms with Crippen molar-refractivity contribution in [3.8, 4) is 0 Å². The maximum absolute atomic E-state index is 5.73. The van der Waals surface area contributed by atoms with Crippen LogP contribution in [0.4, 0.5) is 0 Å². The van der Waals surface area contributed by atoms with Crippen molar-refractivity contribution < 1.29 is 9.15 Å². The van der Waals surface area contributed by atoms with Crippen molar-refractivity contribution in [2.45, 2.75) is 46.4 Å². The predicted octanol–water partition coefficient (Wildman–Crippen LogP) is 3.24. The van der Waals surface area contributed by atoms with Crippen LogP contribution in [0, 0.1) is 6.92 Å². The van der Waals surface area contributed by atoms with Crippen LogP contribution in [0.2, 0.25) is 0 Å². The fourth-order valence-electron chi connectivity index (χ4n) is 2.03. The van der Waals surface area contributed by atoms with E-state index >= 15 is 0 Å². The molecule has 0 bridgehead atoms. The van der Waals surface area contributed by atoms with Gasteiger partial charge in [0.25, 0.3) is 0 Å². The lowest BCUT2D eigenvalue weighted by molar-refractivity contribution is 0.122. The molecule has 114 valence electrons. The summed E-state index contributed by atoms with van der Waals surface area (Å²) in [6.07, 6.45) is 2.64. The third-order valence-corrected chi connectivity index (χ3v) is 3.24. The Morgan fingerprint density at radius 1 is 1.33 bits per heavy atom. The predicted molar refractivity (Wildman–Crippen MR) is 83.0 cm³/mol. The number of hydrogen-bond donors (Lipinski definition) is 1. The zero-order valence-electron chi connectivity index (χ0n) is 13.1. The van der Waals surface area contributed by atoms with E-state index in [1.54, 1.807) is 0 Å². The molecule has 0 spiro atoms. The first-order valence-corrected chi connectivity index (χ1v) is 7.44. The zero-order chi connectivity index (χ0) is 15.1. The van der Waals surface area contributed by atoms with Crippen molar-refractivity contribution >= 4 is 0 Å². The van der Waals surface area contributed by atoms with Crippen LogP contribution in [-0.2, 0) is 24.3 Å². The molecule has 4 heteroatoms. The lowest BCUT2D eigenvalue weighted by Crippen LogP contribution is -2.21. The molecular formula is C17H24N2O2. The summed E-state index contributed by atoms with van der Waals surface area (Å²) in [5.41, 5.74) is 2.18. The Balaban J connectivity index is 1.75. The number of aromatic nitrogens is 1. The first kappa shape index (κ1) is 15.7. The number of furan rings is 1. The van der Waals surface area contributed by atoms with Crippen LogP contribution in [0.3, 0.4) is 0 Å². The number of nitrogens with zero attached hydrogens (tertiary/aromatic N) is 1. The monoisotopic (exact) mass is 288 g/mol. The van der Waals surface area contributed by atoms with E-state index in [1.165, 1.54) is 0 Å². The van der Waals surface area contributed by atoms with Crippen molar-refractivity contribution in [3.05, 3.63) is 53.2 Å². The highest BCUT2D eigenvalue weighted by Crippen LogP contribution is 2.16. The van der Waals surface area contributed by atoms with Crippen LogP contribution in [0.1, 0.15) is 36.6 Å². The number of rotatable bonds is 8. The SMILES string of the molecule is Cc1oc(CNC(C)C)cc1COCCc1ccccn1. The maximum Gasteiger partial charge on any atom is 0.118 e. The van der Waals surface area contributed by atoms with Gasteiger partial charge in [-0.05, 0) is 25.1 Å². The van der Waals surface area contributed by atoms with Crippen molar-refractivity contribution in [1.29, 1.82) is 0 Å². The van der Waals surface area contributed by atoms with Crippen LogP contribution in [0.25, 0.3) is 0 Å². The molecule has 2 heterocycles. The van der Waals surface area contributed by atoms with Gasteiger partial charge < -0.3 is 14.5 Å². The lowest BCUT2D eigenvalue weighted by atomic mass is 10.2. The average molecular weight is 288 g/mol. The Kier molecular flexibility index (Phi) is 5.96. The highest BCUT2D eigenvalue weighted by molar-refractivity contribution is 5.20. The van der Waals surface area contributed by atoms with Gasteiger partial charge in [-0.1, -0.05) is 19.9 Å². The standard InChI is InChI=1S/C17H24N2O2/c1-13(2)19-11-17-10-15(14(3)21-17)12-20-9-7-16-6-4-5-8-18-16/h4-6,8,10,13,19H,7,9,11-12H2,1-3H3. The van der Waals surface area contributed by atoms with Crippen LogP contribution in [-0.4, -0.2) is 17.6 Å². The minimum absolute atomic E-state index is 0.452. The van der Waals surface area contributed by atoms with Crippen molar-refractivity contribution in [1.82, 2.24) is 10.3 Å². The molecule has 0 aliphatic heterocycles. The summed E-state index contributed by atoms with van der Waals surface area (Å²) in [7, 11) is 0. The molecule has 0 atom stereocenters. The number of pyridine rings is 1. The molecule has 21 heavy (non-hydrogen) atoms. The third-order valence-electron chi connectivity index (χ3n) is 3.24. The number of nitrogens with one attached hydrogen (secondary N) is 1. The molecule has 2 aromatic heterocycles. The number of aryl methyl sites for hydroxylation is 1. The molecule has 0 saturated carbocycles. The Labute approximate surface area is 126 Å². The zero-order valence-corrected chi connectivity index (χ0v) is 13.1. The number of ether oxygens (including phenoxy) is 1. The second kappa shape index (κ2) is 7.96. The summed E-state index contributed by atoms with van der Waals surface area (Å²) in [6.45, 7) is 8.24. The summed E-state index contributed by atoms with van der Waals surface area (Å²) in [4.78, 5) is 4.28. The summed E-state index contributed by atoms with van der Waals surface area (Å²) in [6, 6.07) is 8.46. The molecule has 0 aliphatic carbocycles. The molecule has 0 saturated heterocycles. The first-order chi connectivity index (χ1) is 10.1. The highest BCUT2D eigenvalue weighted by atomic mass is 16.5. The molecule has 2 rings (SSSR count). The maximum atomic E-state index is 5.73. The molecule has 2 aromatic rings. The molecular weight excluding hydrogens is 264 g/mol. The van der Waals surface area contributed by atoms with Gasteiger partial charge >= 0.3 is 0 Å². The van der Waals surface area contributed by atoms with Gasteiger partial charge in [-0.25, -0.2) is 0 Å². The summed E-state index contributed by atoms with van der Waals surface area (Å²) in [5, 5.41) is 3.35. The van der Waals surface area contributed by atoms with Gasteiger partial charge in [-0.3, -0.25) is 4.98 Å². The second-order valence-corrected chi connectivity index (χ2v) is 5.45. The van der Waals surface area contributed by atoms with Crippen LogP contribution in [0.15, 0.2) is 34.9 Å². The summed E-state index contributed by atoms with van der Waals surface area (Å²) >= 11 is 0. The Morgan fingerprint density at radius 3 is 2.90 bits per heavy atom. The van der Waals surface area contributed by atoms with Gasteiger partial charge in [0.15, 0.2) is 0 Å². The van der Waals surface area contributed by atoms with Gasteiger partial charge in [0.2, 0.25) is 0 Å². The van der Waals surface area contributed by atoms with E-state index in [0.29, 0.717) is 19.3 Å². The van der Waals surface area contributed by atoms with Crippen LogP contribution in [0.5, 0.6) is 0 Å². The summed E-state index contributed by atoms with van der Waals surface area (Å²) < 4.78 is 11.4. The molecule has 0 aromatic carbocycles. The molecule has 1 N–H and O–H groups in total. The average Bonchev–Trinajstić information content (AvgIpc) is 2.83. The van der Waals surface area contributed by atoms with Gasteiger partial charge in [0.1, 0.15) is 11.5 Å². The van der Waals surface area contributed by atoms with E-state index in [9.17, 15) is 0 Å². The number of hydrogen-bond acceptors (Lipinski definition) is 4. The minimum Gasteiger partial charge on any atom is -0.465 e. The molecule has 0 unspecified atom stereocenters. The molecule has 0 aliphatic rings. The van der Waals surface area contributed by atoms with Crippen molar-refractivity contribution in [2.24, 2.45) is 0 Å². The fourth-order valence-corrected chi connectivity index (χ4v) is 2.03. The second-order valence-electron chi connectivity index (χ2n) is 5.45. The Morgan fingerprint density at radius 2 is 2.19 bits per heavy atom. The third kappa shape index (κ3) is 5.33. The Bertz CT molecular complexity index is 535.